The van der Waals surface area contributed by atoms with Crippen molar-refractivity contribution in [2.24, 2.45) is 0 Å². The van der Waals surface area contributed by atoms with Gasteiger partial charge in [-0.05, 0) is 19.9 Å². The van der Waals surface area contributed by atoms with Gasteiger partial charge in [0.2, 0.25) is 0 Å². The molecule has 3 rings (SSSR count). The van der Waals surface area contributed by atoms with Gasteiger partial charge in [-0.1, -0.05) is 35.9 Å². The second kappa shape index (κ2) is 5.31. The minimum atomic E-state index is 0.455. The van der Waals surface area contributed by atoms with E-state index in [-0.39, 0.29) is 0 Å². The molecule has 0 radical (unpaired) electrons. The van der Waals surface area contributed by atoms with Crippen LogP contribution in [-0.4, -0.2) is 41.3 Å². The first-order valence-electron chi connectivity index (χ1n) is 6.61. The van der Waals surface area contributed by atoms with Crippen LogP contribution in [0.3, 0.4) is 0 Å². The van der Waals surface area contributed by atoms with Gasteiger partial charge in [-0.3, -0.25) is 0 Å². The molecule has 1 aliphatic rings. The van der Waals surface area contributed by atoms with Crippen LogP contribution in [-0.2, 0) is 0 Å². The zero-order chi connectivity index (χ0) is 13.2. The lowest BCUT2D eigenvalue weighted by atomic mass is 10.2. The molecular weight excluding hydrogens is 260 g/mol. The van der Waals surface area contributed by atoms with E-state index in [0.29, 0.717) is 5.15 Å². The van der Waals surface area contributed by atoms with Crippen molar-refractivity contribution in [2.75, 3.05) is 25.5 Å². The molecule has 5 heteroatoms. The zero-order valence-electron chi connectivity index (χ0n) is 10.9. The fraction of sp³-hybridized carbons (Fsp3) is 0.429. The van der Waals surface area contributed by atoms with Crippen molar-refractivity contribution in [1.29, 1.82) is 0 Å². The van der Waals surface area contributed by atoms with E-state index in [0.717, 1.165) is 35.7 Å². The van der Waals surface area contributed by atoms with Crippen LogP contribution in [0.25, 0.3) is 10.8 Å². The number of nitrogens with one attached hydrogen (secondary N) is 1. The van der Waals surface area contributed by atoms with Crippen LogP contribution >= 0.6 is 11.6 Å². The molecule has 0 aliphatic heterocycles. The van der Waals surface area contributed by atoms with E-state index in [1.165, 1.54) is 12.8 Å². The first kappa shape index (κ1) is 12.6. The summed E-state index contributed by atoms with van der Waals surface area (Å²) in [6.45, 7) is 1.89. The van der Waals surface area contributed by atoms with Crippen LogP contribution < -0.4 is 5.32 Å². The van der Waals surface area contributed by atoms with Crippen molar-refractivity contribution in [3.05, 3.63) is 29.4 Å². The normalized spacial score (nSPS) is 15.1. The van der Waals surface area contributed by atoms with Gasteiger partial charge in [-0.2, -0.15) is 0 Å². The molecule has 1 aromatic heterocycles. The lowest BCUT2D eigenvalue weighted by molar-refractivity contribution is 0.337. The second-order valence-electron chi connectivity index (χ2n) is 5.02. The van der Waals surface area contributed by atoms with Crippen LogP contribution in [0.1, 0.15) is 12.8 Å². The summed E-state index contributed by atoms with van der Waals surface area (Å²) < 4.78 is 0. The van der Waals surface area contributed by atoms with E-state index < -0.39 is 0 Å². The Bertz CT molecular complexity index is 583. The molecule has 1 fully saturated rings. The molecule has 0 bridgehead atoms. The summed E-state index contributed by atoms with van der Waals surface area (Å²) in [5.41, 5.74) is 0. The molecule has 0 saturated heterocycles. The van der Waals surface area contributed by atoms with E-state index in [2.05, 4.69) is 27.5 Å². The van der Waals surface area contributed by atoms with Crippen LogP contribution in [0.15, 0.2) is 24.3 Å². The highest BCUT2D eigenvalue weighted by molar-refractivity contribution is 6.34. The number of hydrogen-bond donors (Lipinski definition) is 1. The van der Waals surface area contributed by atoms with Crippen molar-refractivity contribution in [3.8, 4) is 0 Å². The van der Waals surface area contributed by atoms with Gasteiger partial charge in [-0.25, -0.2) is 0 Å². The molecule has 1 heterocycles. The Hall–Kier alpha value is -1.39. The predicted octanol–water partition coefficient (Wildman–Crippen LogP) is 2.79. The third-order valence-corrected chi connectivity index (χ3v) is 3.85. The van der Waals surface area contributed by atoms with Crippen LogP contribution in [0.4, 0.5) is 5.82 Å². The fourth-order valence-electron chi connectivity index (χ4n) is 2.25. The number of nitrogens with zero attached hydrogens (tertiary/aromatic N) is 3. The van der Waals surface area contributed by atoms with Crippen molar-refractivity contribution in [2.45, 2.75) is 18.9 Å². The largest absolute Gasteiger partial charge is 0.367 e. The average molecular weight is 277 g/mol. The molecule has 0 amide bonds. The summed E-state index contributed by atoms with van der Waals surface area (Å²) in [7, 11) is 2.17. The third kappa shape index (κ3) is 2.80. The van der Waals surface area contributed by atoms with Crippen molar-refractivity contribution in [3.63, 3.8) is 0 Å². The number of fused-ring (bicyclic) bond motifs is 1. The van der Waals surface area contributed by atoms with Crippen molar-refractivity contribution in [1.82, 2.24) is 15.1 Å². The summed E-state index contributed by atoms with van der Waals surface area (Å²) in [6.07, 6.45) is 2.67. The Kier molecular flexibility index (Phi) is 3.53. The van der Waals surface area contributed by atoms with Gasteiger partial charge in [-0.15, -0.1) is 10.2 Å². The highest BCUT2D eigenvalue weighted by Crippen LogP contribution is 2.26. The van der Waals surface area contributed by atoms with Crippen LogP contribution in [0, 0.1) is 0 Å². The first-order chi connectivity index (χ1) is 9.25. The molecule has 0 spiro atoms. The van der Waals surface area contributed by atoms with Crippen LogP contribution in [0.2, 0.25) is 5.15 Å². The lowest BCUT2D eigenvalue weighted by Crippen LogP contribution is -2.27. The third-order valence-electron chi connectivity index (χ3n) is 3.57. The number of likely N-dealkylation sites (N-methyl/N-ethyl adjacent to an activating group) is 1. The van der Waals surface area contributed by atoms with Gasteiger partial charge in [0.15, 0.2) is 11.0 Å². The van der Waals surface area contributed by atoms with Crippen molar-refractivity contribution >= 4 is 28.2 Å². The van der Waals surface area contributed by atoms with E-state index in [1.807, 2.05) is 24.3 Å². The summed E-state index contributed by atoms with van der Waals surface area (Å²) in [5, 5.41) is 13.9. The number of anilines is 1. The maximum absolute atomic E-state index is 6.05. The Labute approximate surface area is 117 Å². The van der Waals surface area contributed by atoms with Crippen LogP contribution in [0.5, 0.6) is 0 Å². The topological polar surface area (TPSA) is 41.0 Å². The maximum atomic E-state index is 6.05. The van der Waals surface area contributed by atoms with Gasteiger partial charge < -0.3 is 10.2 Å². The molecule has 0 atom stereocenters. The summed E-state index contributed by atoms with van der Waals surface area (Å²) >= 11 is 6.05. The maximum Gasteiger partial charge on any atom is 0.159 e. The zero-order valence-corrected chi connectivity index (χ0v) is 11.7. The fourth-order valence-corrected chi connectivity index (χ4v) is 2.45. The second-order valence-corrected chi connectivity index (χ2v) is 5.38. The van der Waals surface area contributed by atoms with Gasteiger partial charge in [0.05, 0.1) is 0 Å². The average Bonchev–Trinajstić information content (AvgIpc) is 3.26. The molecule has 2 aromatic rings. The molecule has 1 saturated carbocycles. The highest BCUT2D eigenvalue weighted by Gasteiger charge is 2.25. The number of aromatic nitrogens is 2. The Morgan fingerprint density at radius 2 is 2.00 bits per heavy atom. The molecule has 1 aliphatic carbocycles. The molecule has 4 nitrogen and oxygen atoms in total. The molecule has 19 heavy (non-hydrogen) atoms. The Morgan fingerprint density at radius 1 is 1.26 bits per heavy atom. The summed E-state index contributed by atoms with van der Waals surface area (Å²) in [6, 6.07) is 8.72. The number of halogens is 1. The van der Waals surface area contributed by atoms with Gasteiger partial charge in [0, 0.05) is 29.9 Å². The Balaban J connectivity index is 1.72. The minimum Gasteiger partial charge on any atom is -0.367 e. The number of hydrogen-bond acceptors (Lipinski definition) is 4. The molecule has 1 N–H and O–H groups in total. The number of benzene rings is 1. The summed E-state index contributed by atoms with van der Waals surface area (Å²) in [5.74, 6) is 0.809. The smallest absolute Gasteiger partial charge is 0.159 e. The SMILES string of the molecule is CN(CCNc1nnc(Cl)c2ccccc12)C1CC1. The van der Waals surface area contributed by atoms with Gasteiger partial charge in [0.25, 0.3) is 0 Å². The molecule has 1 aromatic carbocycles. The first-order valence-corrected chi connectivity index (χ1v) is 6.98. The lowest BCUT2D eigenvalue weighted by Gasteiger charge is -2.16. The van der Waals surface area contributed by atoms with Crippen molar-refractivity contribution < 1.29 is 0 Å². The molecule has 0 unspecified atom stereocenters. The minimum absolute atomic E-state index is 0.455. The predicted molar refractivity (Wildman–Crippen MR) is 78.7 cm³/mol. The van der Waals surface area contributed by atoms with E-state index in [1.54, 1.807) is 0 Å². The summed E-state index contributed by atoms with van der Waals surface area (Å²) in [4.78, 5) is 2.39. The molecular formula is C14H17ClN4. The van der Waals surface area contributed by atoms with E-state index >= 15 is 0 Å². The van der Waals surface area contributed by atoms with Gasteiger partial charge >= 0.3 is 0 Å². The van der Waals surface area contributed by atoms with E-state index in [9.17, 15) is 0 Å². The standard InChI is InChI=1S/C14H17ClN4/c1-19(10-6-7-10)9-8-16-14-12-5-3-2-4-11(12)13(15)17-18-14/h2-5,10H,6-9H2,1H3,(H,16,18). The van der Waals surface area contributed by atoms with Gasteiger partial charge in [0.1, 0.15) is 0 Å². The van der Waals surface area contributed by atoms with E-state index in [4.69, 9.17) is 11.6 Å². The monoisotopic (exact) mass is 276 g/mol. The number of rotatable bonds is 5. The Morgan fingerprint density at radius 3 is 2.74 bits per heavy atom. The molecule has 100 valence electrons. The highest BCUT2D eigenvalue weighted by atomic mass is 35.5. The quantitative estimate of drug-likeness (QED) is 0.912.